The zero-order valence-corrected chi connectivity index (χ0v) is 11.8. The van der Waals surface area contributed by atoms with E-state index in [1.807, 2.05) is 0 Å². The monoisotopic (exact) mass is 276 g/mol. The van der Waals surface area contributed by atoms with Crippen molar-refractivity contribution < 1.29 is 24.8 Å². The summed E-state index contributed by atoms with van der Waals surface area (Å²) in [6.45, 7) is 3.03. The van der Waals surface area contributed by atoms with Crippen LogP contribution in [0.15, 0.2) is 0 Å². The molecule has 0 saturated carbocycles. The van der Waals surface area contributed by atoms with Crippen LogP contribution in [0, 0.1) is 0 Å². The Balaban J connectivity index is 1.97. The molecular weight excluding hydrogens is 248 g/mol. The second kappa shape index (κ2) is 9.66. The summed E-state index contributed by atoms with van der Waals surface area (Å²) in [7, 11) is 0. The molecule has 114 valence electrons. The van der Waals surface area contributed by atoms with Crippen LogP contribution >= 0.6 is 0 Å². The molecule has 0 aromatic rings. The Morgan fingerprint density at radius 3 is 2.47 bits per heavy atom. The van der Waals surface area contributed by atoms with Gasteiger partial charge in [-0.25, -0.2) is 0 Å². The molecule has 1 heterocycles. The van der Waals surface area contributed by atoms with E-state index < -0.39 is 24.4 Å². The Hall–Kier alpha value is -0.200. The molecular formula is C14H28O5. The van der Waals surface area contributed by atoms with Crippen LogP contribution in [0.2, 0.25) is 0 Å². The number of aliphatic hydroxyl groups excluding tert-OH is 3. The standard InChI is InChI=1S/C14H28O5/c1-2-3-4-5-6-7-8-18-9-12(16)14-13(17)11(15)10-19-14/h11-17H,2-10H2,1H3/t11-,12+,13+,14+/m1/s1. The van der Waals surface area contributed by atoms with Gasteiger partial charge in [-0.15, -0.1) is 0 Å². The van der Waals surface area contributed by atoms with Crippen molar-refractivity contribution in [2.24, 2.45) is 0 Å². The van der Waals surface area contributed by atoms with Gasteiger partial charge in [0.25, 0.3) is 0 Å². The van der Waals surface area contributed by atoms with Crippen LogP contribution in [-0.2, 0) is 9.47 Å². The zero-order valence-electron chi connectivity index (χ0n) is 11.8. The van der Waals surface area contributed by atoms with Gasteiger partial charge >= 0.3 is 0 Å². The lowest BCUT2D eigenvalue weighted by Gasteiger charge is -2.20. The largest absolute Gasteiger partial charge is 0.388 e. The fourth-order valence-electron chi connectivity index (χ4n) is 2.25. The van der Waals surface area contributed by atoms with Crippen LogP contribution in [-0.4, -0.2) is 59.6 Å². The van der Waals surface area contributed by atoms with E-state index in [-0.39, 0.29) is 13.2 Å². The summed E-state index contributed by atoms with van der Waals surface area (Å²) in [5.74, 6) is 0. The van der Waals surface area contributed by atoms with Gasteiger partial charge in [0, 0.05) is 6.61 Å². The normalized spacial score (nSPS) is 28.7. The zero-order chi connectivity index (χ0) is 14.1. The average molecular weight is 276 g/mol. The number of hydrogen-bond acceptors (Lipinski definition) is 5. The van der Waals surface area contributed by atoms with Crippen LogP contribution in [0.5, 0.6) is 0 Å². The Bertz CT molecular complexity index is 224. The molecule has 3 N–H and O–H groups in total. The molecule has 1 fully saturated rings. The molecule has 19 heavy (non-hydrogen) atoms. The highest BCUT2D eigenvalue weighted by Crippen LogP contribution is 2.17. The van der Waals surface area contributed by atoms with Crippen LogP contribution < -0.4 is 0 Å². The van der Waals surface area contributed by atoms with Gasteiger partial charge in [0.05, 0.1) is 13.2 Å². The Labute approximate surface area is 115 Å². The van der Waals surface area contributed by atoms with Gasteiger partial charge in [-0.05, 0) is 6.42 Å². The average Bonchev–Trinajstić information content (AvgIpc) is 2.73. The second-order valence-electron chi connectivity index (χ2n) is 5.27. The van der Waals surface area contributed by atoms with E-state index >= 15 is 0 Å². The molecule has 0 unspecified atom stereocenters. The minimum atomic E-state index is -1.02. The molecule has 0 spiro atoms. The third-order valence-corrected chi connectivity index (χ3v) is 3.50. The lowest BCUT2D eigenvalue weighted by molar-refractivity contribution is -0.0813. The first-order chi connectivity index (χ1) is 9.16. The fourth-order valence-corrected chi connectivity index (χ4v) is 2.25. The van der Waals surface area contributed by atoms with E-state index in [9.17, 15) is 15.3 Å². The molecule has 0 amide bonds. The lowest BCUT2D eigenvalue weighted by atomic mass is 10.1. The van der Waals surface area contributed by atoms with Gasteiger partial charge in [-0.1, -0.05) is 39.0 Å². The minimum Gasteiger partial charge on any atom is -0.388 e. The molecule has 0 radical (unpaired) electrons. The van der Waals surface area contributed by atoms with Gasteiger partial charge in [0.1, 0.15) is 24.4 Å². The van der Waals surface area contributed by atoms with Gasteiger partial charge in [-0.3, -0.25) is 0 Å². The van der Waals surface area contributed by atoms with Crippen LogP contribution in [0.3, 0.4) is 0 Å². The highest BCUT2D eigenvalue weighted by atomic mass is 16.5. The Morgan fingerprint density at radius 2 is 1.84 bits per heavy atom. The number of unbranched alkanes of at least 4 members (excludes halogenated alkanes) is 5. The van der Waals surface area contributed by atoms with Crippen molar-refractivity contribution in [2.45, 2.75) is 69.9 Å². The third kappa shape index (κ3) is 6.19. The SMILES string of the molecule is CCCCCCCCOC[C@H](O)[C@@H]1OC[C@@H](O)[C@@H]1O. The van der Waals surface area contributed by atoms with Crippen molar-refractivity contribution in [3.8, 4) is 0 Å². The smallest absolute Gasteiger partial charge is 0.114 e. The quantitative estimate of drug-likeness (QED) is 0.515. The first-order valence-corrected chi connectivity index (χ1v) is 7.40. The lowest BCUT2D eigenvalue weighted by Crippen LogP contribution is -2.40. The van der Waals surface area contributed by atoms with Crippen LogP contribution in [0.25, 0.3) is 0 Å². The summed E-state index contributed by atoms with van der Waals surface area (Å²) in [5, 5.41) is 28.7. The molecule has 0 aromatic carbocycles. The van der Waals surface area contributed by atoms with E-state index in [2.05, 4.69) is 6.92 Å². The summed E-state index contributed by atoms with van der Waals surface area (Å²) in [5.41, 5.74) is 0. The summed E-state index contributed by atoms with van der Waals surface area (Å²) < 4.78 is 10.5. The summed E-state index contributed by atoms with van der Waals surface area (Å²) in [4.78, 5) is 0. The number of rotatable bonds is 10. The summed E-state index contributed by atoms with van der Waals surface area (Å²) in [6.07, 6.45) is 3.65. The van der Waals surface area contributed by atoms with E-state index in [4.69, 9.17) is 9.47 Å². The van der Waals surface area contributed by atoms with Crippen molar-refractivity contribution in [1.29, 1.82) is 0 Å². The minimum absolute atomic E-state index is 0.0698. The van der Waals surface area contributed by atoms with Crippen molar-refractivity contribution in [2.75, 3.05) is 19.8 Å². The van der Waals surface area contributed by atoms with Gasteiger partial charge in [0.2, 0.25) is 0 Å². The summed E-state index contributed by atoms with van der Waals surface area (Å²) >= 11 is 0. The second-order valence-corrected chi connectivity index (χ2v) is 5.27. The molecule has 1 rings (SSSR count). The molecule has 5 nitrogen and oxygen atoms in total. The van der Waals surface area contributed by atoms with E-state index in [1.54, 1.807) is 0 Å². The Morgan fingerprint density at radius 1 is 1.16 bits per heavy atom. The van der Waals surface area contributed by atoms with Crippen LogP contribution in [0.1, 0.15) is 45.4 Å². The molecule has 4 atom stereocenters. The number of aliphatic hydroxyl groups is 3. The molecule has 1 aliphatic rings. The van der Waals surface area contributed by atoms with Crippen molar-refractivity contribution in [3.05, 3.63) is 0 Å². The van der Waals surface area contributed by atoms with Crippen LogP contribution in [0.4, 0.5) is 0 Å². The highest BCUT2D eigenvalue weighted by Gasteiger charge is 2.39. The maximum atomic E-state index is 9.79. The molecule has 0 aliphatic carbocycles. The van der Waals surface area contributed by atoms with Gasteiger partial charge in [0.15, 0.2) is 0 Å². The summed E-state index contributed by atoms with van der Waals surface area (Å²) in [6, 6.07) is 0. The van der Waals surface area contributed by atoms with Crippen molar-refractivity contribution in [3.63, 3.8) is 0 Å². The molecule has 1 saturated heterocycles. The van der Waals surface area contributed by atoms with Gasteiger partial charge in [-0.2, -0.15) is 0 Å². The maximum Gasteiger partial charge on any atom is 0.114 e. The molecule has 0 bridgehead atoms. The molecule has 1 aliphatic heterocycles. The van der Waals surface area contributed by atoms with Crippen molar-refractivity contribution >= 4 is 0 Å². The fraction of sp³-hybridized carbons (Fsp3) is 1.00. The Kier molecular flexibility index (Phi) is 8.57. The molecule has 5 heteroatoms. The maximum absolute atomic E-state index is 9.79. The first kappa shape index (κ1) is 16.9. The first-order valence-electron chi connectivity index (χ1n) is 7.40. The van der Waals surface area contributed by atoms with Crippen molar-refractivity contribution in [1.82, 2.24) is 0 Å². The predicted octanol–water partition coefficient (Wildman–Crippen LogP) is 0.845. The van der Waals surface area contributed by atoms with Gasteiger partial charge < -0.3 is 24.8 Å². The predicted molar refractivity (Wildman–Crippen MR) is 72.0 cm³/mol. The van der Waals surface area contributed by atoms with E-state index in [1.165, 1.54) is 25.7 Å². The highest BCUT2D eigenvalue weighted by molar-refractivity contribution is 4.87. The topological polar surface area (TPSA) is 79.2 Å². The van der Waals surface area contributed by atoms with E-state index in [0.717, 1.165) is 12.8 Å². The van der Waals surface area contributed by atoms with E-state index in [0.29, 0.717) is 6.61 Å². The number of hydrogen-bond donors (Lipinski definition) is 3. The third-order valence-electron chi connectivity index (χ3n) is 3.50. The molecule has 0 aromatic heterocycles. The number of ether oxygens (including phenoxy) is 2.